The van der Waals surface area contributed by atoms with Crippen LogP contribution in [0.5, 0.6) is 0 Å². The average Bonchev–Trinajstić information content (AvgIpc) is 2.86. The quantitative estimate of drug-likeness (QED) is 0.835. The Morgan fingerprint density at radius 1 is 1.20 bits per heavy atom. The lowest BCUT2D eigenvalue weighted by Gasteiger charge is -2.08. The van der Waals surface area contributed by atoms with E-state index in [0.717, 1.165) is 12.1 Å². The Bertz CT molecular complexity index is 1010. The number of ether oxygens (including phenoxy) is 1. The minimum absolute atomic E-state index is 0.0217. The molecule has 25 heavy (non-hydrogen) atoms. The van der Waals surface area contributed by atoms with E-state index in [2.05, 4.69) is 4.98 Å². The normalized spacial score (nSPS) is 14.8. The van der Waals surface area contributed by atoms with Crippen LogP contribution in [-0.2, 0) is 19.6 Å². The summed E-state index contributed by atoms with van der Waals surface area (Å²) in [7, 11) is -4.56. The van der Waals surface area contributed by atoms with Gasteiger partial charge in [-0.05, 0) is 36.8 Å². The fraction of sp³-hybridized carbons (Fsp3) is 0.125. The molecule has 2 N–H and O–H groups in total. The fourth-order valence-corrected chi connectivity index (χ4v) is 3.24. The number of benzene rings is 1. The van der Waals surface area contributed by atoms with Gasteiger partial charge in [0.15, 0.2) is 4.90 Å². The predicted octanol–water partition coefficient (Wildman–Crippen LogP) is 1.78. The first-order chi connectivity index (χ1) is 11.7. The van der Waals surface area contributed by atoms with E-state index in [1.54, 1.807) is 25.1 Å². The minimum atomic E-state index is -4.56. The first-order valence-corrected chi connectivity index (χ1v) is 8.59. The Morgan fingerprint density at radius 2 is 1.84 bits per heavy atom. The van der Waals surface area contributed by atoms with Crippen molar-refractivity contribution in [3.05, 3.63) is 58.9 Å². The summed E-state index contributed by atoms with van der Waals surface area (Å²) in [6.07, 6.45) is 0. The third-order valence-electron chi connectivity index (χ3n) is 3.63. The van der Waals surface area contributed by atoms with Crippen LogP contribution in [0.25, 0.3) is 11.1 Å². The zero-order chi connectivity index (χ0) is 18.4. The summed E-state index contributed by atoms with van der Waals surface area (Å²) in [5, 5.41) is 4.81. The topological polar surface area (TPSA) is 99.4 Å². The van der Waals surface area contributed by atoms with Crippen LogP contribution >= 0.6 is 0 Å². The van der Waals surface area contributed by atoms with E-state index in [-0.39, 0.29) is 23.3 Å². The van der Waals surface area contributed by atoms with Gasteiger partial charge in [-0.25, -0.2) is 27.1 Å². The number of esters is 1. The molecule has 130 valence electrons. The number of rotatable bonds is 3. The van der Waals surface area contributed by atoms with E-state index in [4.69, 9.17) is 9.88 Å². The van der Waals surface area contributed by atoms with Gasteiger partial charge in [-0.1, -0.05) is 6.07 Å². The molecule has 0 bridgehead atoms. The highest BCUT2D eigenvalue weighted by atomic mass is 32.2. The maximum atomic E-state index is 14.1. The molecule has 3 rings (SSSR count). The van der Waals surface area contributed by atoms with Crippen LogP contribution in [0.1, 0.15) is 17.0 Å². The smallest absolute Gasteiger partial charge is 0.341 e. The molecule has 0 aliphatic carbocycles. The molecule has 0 saturated heterocycles. The summed E-state index contributed by atoms with van der Waals surface area (Å²) in [5.41, 5.74) is 1.21. The monoisotopic (exact) mass is 366 g/mol. The van der Waals surface area contributed by atoms with Gasteiger partial charge in [0.2, 0.25) is 10.0 Å². The van der Waals surface area contributed by atoms with E-state index in [0.29, 0.717) is 11.4 Å². The SMILES string of the molecule is Cc1cccc(C2=C(c3cc(F)c(S(N)(=O)=O)c(F)c3)COC2=O)n1. The van der Waals surface area contributed by atoms with E-state index >= 15 is 0 Å². The number of primary sulfonamides is 1. The standard InChI is InChI=1S/C16H12F2N2O4S/c1-8-3-2-4-13(20-8)14-10(7-24-16(14)21)9-5-11(17)15(12(18)6-9)25(19,22)23/h2-6H,7H2,1H3,(H2,19,22,23). The van der Waals surface area contributed by atoms with Gasteiger partial charge in [0.1, 0.15) is 18.2 Å². The molecule has 1 aromatic carbocycles. The second kappa shape index (κ2) is 6.01. The summed E-state index contributed by atoms with van der Waals surface area (Å²) in [6, 6.07) is 6.58. The van der Waals surface area contributed by atoms with Crippen LogP contribution in [0.4, 0.5) is 8.78 Å². The highest BCUT2D eigenvalue weighted by Gasteiger charge is 2.30. The van der Waals surface area contributed by atoms with Crippen LogP contribution in [0.3, 0.4) is 0 Å². The van der Waals surface area contributed by atoms with E-state index in [9.17, 15) is 22.0 Å². The Hall–Kier alpha value is -2.65. The Labute approximate surface area is 142 Å². The van der Waals surface area contributed by atoms with Gasteiger partial charge in [0.25, 0.3) is 0 Å². The molecule has 9 heteroatoms. The highest BCUT2D eigenvalue weighted by molar-refractivity contribution is 7.89. The van der Waals surface area contributed by atoms with Gasteiger partial charge >= 0.3 is 5.97 Å². The molecular formula is C16H12F2N2O4S. The second-order valence-corrected chi connectivity index (χ2v) is 6.91. The molecule has 1 aromatic heterocycles. The van der Waals surface area contributed by atoms with Crippen molar-refractivity contribution in [3.8, 4) is 0 Å². The van der Waals surface area contributed by atoms with Crippen LogP contribution in [0, 0.1) is 18.6 Å². The average molecular weight is 366 g/mol. The van der Waals surface area contributed by atoms with Gasteiger partial charge < -0.3 is 4.74 Å². The third kappa shape index (κ3) is 3.15. The molecule has 0 atom stereocenters. The number of pyridine rings is 1. The largest absolute Gasteiger partial charge is 0.457 e. The molecule has 1 aliphatic heterocycles. The minimum Gasteiger partial charge on any atom is -0.457 e. The van der Waals surface area contributed by atoms with Crippen LogP contribution in [0.15, 0.2) is 35.2 Å². The van der Waals surface area contributed by atoms with Crippen LogP contribution in [-0.4, -0.2) is 26.0 Å². The molecule has 0 amide bonds. The number of aryl methyl sites for hydroxylation is 1. The van der Waals surface area contributed by atoms with Crippen molar-refractivity contribution in [1.29, 1.82) is 0 Å². The third-order valence-corrected chi connectivity index (χ3v) is 4.59. The lowest BCUT2D eigenvalue weighted by molar-refractivity contribution is -0.133. The predicted molar refractivity (Wildman–Crippen MR) is 84.5 cm³/mol. The first-order valence-electron chi connectivity index (χ1n) is 7.05. The molecule has 2 aromatic rings. The number of nitrogens with zero attached hydrogens (tertiary/aromatic N) is 1. The molecule has 0 saturated carbocycles. The van der Waals surface area contributed by atoms with Gasteiger partial charge in [-0.3, -0.25) is 4.98 Å². The van der Waals surface area contributed by atoms with Crippen molar-refractivity contribution in [2.45, 2.75) is 11.8 Å². The van der Waals surface area contributed by atoms with Gasteiger partial charge in [-0.15, -0.1) is 0 Å². The van der Waals surface area contributed by atoms with E-state index < -0.39 is 32.5 Å². The molecule has 0 radical (unpaired) electrons. The molecule has 0 unspecified atom stereocenters. The number of nitrogens with two attached hydrogens (primary N) is 1. The van der Waals surface area contributed by atoms with Crippen molar-refractivity contribution in [2.75, 3.05) is 6.61 Å². The maximum Gasteiger partial charge on any atom is 0.341 e. The van der Waals surface area contributed by atoms with E-state index in [1.807, 2.05) is 0 Å². The Morgan fingerprint density at radius 3 is 2.40 bits per heavy atom. The Balaban J connectivity index is 2.22. The number of cyclic esters (lactones) is 1. The lowest BCUT2D eigenvalue weighted by atomic mass is 9.99. The van der Waals surface area contributed by atoms with Gasteiger partial charge in [-0.2, -0.15) is 0 Å². The summed E-state index contributed by atoms with van der Waals surface area (Å²) in [6.45, 7) is 1.52. The number of hydrogen-bond donors (Lipinski definition) is 1. The maximum absolute atomic E-state index is 14.1. The summed E-state index contributed by atoms with van der Waals surface area (Å²) in [4.78, 5) is 15.0. The highest BCUT2D eigenvalue weighted by Crippen LogP contribution is 2.34. The van der Waals surface area contributed by atoms with Crippen LogP contribution < -0.4 is 5.14 Å². The summed E-state index contributed by atoms with van der Waals surface area (Å²) < 4.78 is 55.7. The van der Waals surface area contributed by atoms with Crippen molar-refractivity contribution in [2.24, 2.45) is 5.14 Å². The van der Waals surface area contributed by atoms with Crippen molar-refractivity contribution in [1.82, 2.24) is 4.98 Å². The molecule has 1 aliphatic rings. The first kappa shape index (κ1) is 17.2. The Kier molecular flexibility index (Phi) is 4.13. The van der Waals surface area contributed by atoms with Gasteiger partial charge in [0.05, 0.1) is 11.3 Å². The van der Waals surface area contributed by atoms with E-state index in [1.165, 1.54) is 0 Å². The fourth-order valence-electron chi connectivity index (χ4n) is 2.58. The molecule has 2 heterocycles. The summed E-state index contributed by atoms with van der Waals surface area (Å²) in [5.74, 6) is -3.37. The number of halogens is 2. The van der Waals surface area contributed by atoms with Gasteiger partial charge in [0, 0.05) is 11.3 Å². The molecule has 0 fully saturated rings. The lowest BCUT2D eigenvalue weighted by Crippen LogP contribution is -2.16. The van der Waals surface area contributed by atoms with Crippen molar-refractivity contribution in [3.63, 3.8) is 0 Å². The zero-order valence-corrected chi connectivity index (χ0v) is 13.7. The number of hydrogen-bond acceptors (Lipinski definition) is 5. The van der Waals surface area contributed by atoms with Crippen LogP contribution in [0.2, 0.25) is 0 Å². The number of sulfonamides is 1. The van der Waals surface area contributed by atoms with Crippen molar-refractivity contribution < 1.29 is 26.7 Å². The second-order valence-electron chi connectivity index (χ2n) is 5.41. The number of aromatic nitrogens is 1. The summed E-state index contributed by atoms with van der Waals surface area (Å²) >= 11 is 0. The molecule has 6 nitrogen and oxygen atoms in total. The number of carbonyl (C=O) groups is 1. The zero-order valence-electron chi connectivity index (χ0n) is 12.9. The molecular weight excluding hydrogens is 354 g/mol. The number of carbonyl (C=O) groups excluding carboxylic acids is 1. The van der Waals surface area contributed by atoms with Crippen molar-refractivity contribution >= 4 is 27.1 Å². The molecule has 0 spiro atoms.